The minimum absolute atomic E-state index is 0.0227. The van der Waals surface area contributed by atoms with Crippen molar-refractivity contribution in [3.8, 4) is 11.5 Å². The third-order valence-corrected chi connectivity index (χ3v) is 10.2. The summed E-state index contributed by atoms with van der Waals surface area (Å²) in [6, 6.07) is 15.0. The average molecular weight is 544 g/mol. The van der Waals surface area contributed by atoms with Crippen LogP contribution in [0.15, 0.2) is 60.2 Å². The van der Waals surface area contributed by atoms with Crippen LogP contribution in [0.25, 0.3) is 0 Å². The van der Waals surface area contributed by atoms with Crippen LogP contribution in [-0.2, 0) is 27.8 Å². The minimum atomic E-state index is -3.56. The second-order valence-electron chi connectivity index (χ2n) is 10.7. The average Bonchev–Trinajstić information content (AvgIpc) is 2.87. The molecule has 0 heterocycles. The predicted molar refractivity (Wildman–Crippen MR) is 148 cm³/mol. The Hall–Kier alpha value is -2.39. The Kier molecular flexibility index (Phi) is 9.52. The molecule has 2 aliphatic carbocycles. The molecule has 1 saturated carbocycles. The smallest absolute Gasteiger partial charge is 0.214 e. The molecule has 7 nitrogen and oxygen atoms in total. The lowest BCUT2D eigenvalue weighted by Crippen LogP contribution is -2.43. The van der Waals surface area contributed by atoms with Crippen LogP contribution in [0.5, 0.6) is 11.5 Å². The van der Waals surface area contributed by atoms with Crippen LogP contribution >= 0.6 is 0 Å². The number of hydrogen-bond acceptors (Lipinski definition) is 6. The molecule has 2 aromatic rings. The van der Waals surface area contributed by atoms with Gasteiger partial charge in [0.25, 0.3) is 0 Å². The van der Waals surface area contributed by atoms with E-state index in [9.17, 15) is 13.5 Å². The van der Waals surface area contributed by atoms with Crippen molar-refractivity contribution in [3.05, 3.63) is 71.3 Å². The van der Waals surface area contributed by atoms with E-state index in [0.717, 1.165) is 41.9 Å². The Bertz CT molecular complexity index is 1130. The molecule has 0 bridgehead atoms. The number of aliphatic hydroxyl groups excluding tert-OH is 1. The summed E-state index contributed by atoms with van der Waals surface area (Å²) >= 11 is 0. The first-order valence-corrected chi connectivity index (χ1v) is 15.0. The van der Waals surface area contributed by atoms with Crippen LogP contribution < -0.4 is 9.47 Å². The van der Waals surface area contributed by atoms with Crippen LogP contribution in [0.2, 0.25) is 0 Å². The van der Waals surface area contributed by atoms with Gasteiger partial charge in [-0.3, -0.25) is 0 Å². The van der Waals surface area contributed by atoms with Crippen LogP contribution in [0, 0.1) is 23.7 Å². The quantitative estimate of drug-likeness (QED) is 0.349. The van der Waals surface area contributed by atoms with Gasteiger partial charge in [-0.05, 0) is 83.9 Å². The summed E-state index contributed by atoms with van der Waals surface area (Å²) in [6.45, 7) is 2.80. The fourth-order valence-electron chi connectivity index (χ4n) is 5.59. The van der Waals surface area contributed by atoms with Gasteiger partial charge in [-0.25, -0.2) is 8.42 Å². The molecule has 5 atom stereocenters. The van der Waals surface area contributed by atoms with Gasteiger partial charge in [-0.1, -0.05) is 37.3 Å². The van der Waals surface area contributed by atoms with Gasteiger partial charge in [-0.2, -0.15) is 4.31 Å². The number of sulfonamides is 1. The highest BCUT2D eigenvalue weighted by atomic mass is 32.2. The van der Waals surface area contributed by atoms with Crippen LogP contribution in [-0.4, -0.2) is 57.6 Å². The third-order valence-electron chi connectivity index (χ3n) is 8.25. The Labute approximate surface area is 227 Å². The van der Waals surface area contributed by atoms with Crippen LogP contribution in [0.4, 0.5) is 0 Å². The van der Waals surface area contributed by atoms with Crippen molar-refractivity contribution in [1.29, 1.82) is 0 Å². The molecule has 8 heteroatoms. The van der Waals surface area contributed by atoms with Crippen molar-refractivity contribution < 1.29 is 27.7 Å². The highest BCUT2D eigenvalue weighted by molar-refractivity contribution is 7.89. The molecule has 0 saturated heterocycles. The molecule has 1 N–H and O–H groups in total. The summed E-state index contributed by atoms with van der Waals surface area (Å²) in [5.74, 6) is 2.40. The van der Waals surface area contributed by atoms with E-state index in [1.807, 2.05) is 55.5 Å². The van der Waals surface area contributed by atoms with Crippen molar-refractivity contribution in [2.45, 2.75) is 45.4 Å². The van der Waals surface area contributed by atoms with E-state index < -0.39 is 10.0 Å². The predicted octanol–water partition coefficient (Wildman–Crippen LogP) is 4.65. The van der Waals surface area contributed by atoms with Gasteiger partial charge in [-0.15, -0.1) is 0 Å². The molecule has 1 fully saturated rings. The van der Waals surface area contributed by atoms with Gasteiger partial charge in [0, 0.05) is 26.8 Å². The summed E-state index contributed by atoms with van der Waals surface area (Å²) in [4.78, 5) is 0. The van der Waals surface area contributed by atoms with E-state index >= 15 is 0 Å². The molecule has 208 valence electrons. The highest BCUT2D eigenvalue weighted by Crippen LogP contribution is 2.45. The number of aliphatic hydroxyl groups is 1. The molecule has 0 unspecified atom stereocenters. The summed E-state index contributed by atoms with van der Waals surface area (Å²) in [5, 5.41) is 9.60. The standard InChI is InChI=1S/C30H41NO6S/c1-21(25-15-26(16-25)30(37-4)29-14-9-24(29)19-32)20-38(33,34)31(17-22-5-10-27(35-2)11-6-22)18-23-7-12-28(36-3)13-8-23/h5-8,10-13,15,21,24-25,29-30,32H,9,14,16-20H2,1-4H3/t21-,24+,25+,29-,30+/m1/s1. The maximum atomic E-state index is 13.8. The van der Waals surface area contributed by atoms with Crippen LogP contribution in [0.3, 0.4) is 0 Å². The minimum Gasteiger partial charge on any atom is -0.497 e. The monoisotopic (exact) mass is 543 g/mol. The third kappa shape index (κ3) is 6.60. The van der Waals surface area contributed by atoms with Crippen molar-refractivity contribution in [2.75, 3.05) is 33.7 Å². The Balaban J connectivity index is 1.46. The van der Waals surface area contributed by atoms with E-state index in [1.54, 1.807) is 25.6 Å². The summed E-state index contributed by atoms with van der Waals surface area (Å²) < 4.78 is 45.4. The molecule has 38 heavy (non-hydrogen) atoms. The zero-order chi connectivity index (χ0) is 27.3. The summed E-state index contributed by atoms with van der Waals surface area (Å²) in [6.07, 6.45) is 5.20. The lowest BCUT2D eigenvalue weighted by atomic mass is 9.65. The first kappa shape index (κ1) is 28.6. The Morgan fingerprint density at radius 2 is 1.45 bits per heavy atom. The second-order valence-corrected chi connectivity index (χ2v) is 12.7. The normalized spacial score (nSPS) is 22.7. The van der Waals surface area contributed by atoms with E-state index in [0.29, 0.717) is 11.8 Å². The molecule has 4 rings (SSSR count). The zero-order valence-corrected chi connectivity index (χ0v) is 23.7. The number of methoxy groups -OCH3 is 3. The molecule has 0 radical (unpaired) electrons. The summed E-state index contributed by atoms with van der Waals surface area (Å²) in [7, 11) is 1.40. The van der Waals surface area contributed by atoms with Gasteiger partial charge < -0.3 is 19.3 Å². The second kappa shape index (κ2) is 12.6. The zero-order valence-electron chi connectivity index (χ0n) is 22.9. The fraction of sp³-hybridized carbons (Fsp3) is 0.533. The molecule has 2 aromatic carbocycles. The topological polar surface area (TPSA) is 85.3 Å². The van der Waals surface area contributed by atoms with Gasteiger partial charge in [0.2, 0.25) is 10.0 Å². The van der Waals surface area contributed by atoms with Gasteiger partial charge >= 0.3 is 0 Å². The van der Waals surface area contributed by atoms with E-state index in [1.165, 1.54) is 5.57 Å². The number of nitrogens with zero attached hydrogens (tertiary/aromatic N) is 1. The van der Waals surface area contributed by atoms with E-state index in [-0.39, 0.29) is 43.4 Å². The molecule has 0 spiro atoms. The molecule has 0 amide bonds. The van der Waals surface area contributed by atoms with Crippen molar-refractivity contribution in [1.82, 2.24) is 4.31 Å². The lowest BCUT2D eigenvalue weighted by molar-refractivity contribution is -0.0225. The summed E-state index contributed by atoms with van der Waals surface area (Å²) in [5.41, 5.74) is 3.06. The molecule has 0 aliphatic heterocycles. The Morgan fingerprint density at radius 1 is 0.921 bits per heavy atom. The first-order valence-electron chi connectivity index (χ1n) is 13.4. The highest BCUT2D eigenvalue weighted by Gasteiger charge is 2.42. The molecular formula is C30H41NO6S. The van der Waals surface area contributed by atoms with Crippen molar-refractivity contribution >= 4 is 10.0 Å². The molecule has 2 aliphatic rings. The largest absolute Gasteiger partial charge is 0.497 e. The van der Waals surface area contributed by atoms with Crippen molar-refractivity contribution in [3.63, 3.8) is 0 Å². The maximum absolute atomic E-state index is 13.8. The van der Waals surface area contributed by atoms with E-state index in [4.69, 9.17) is 14.2 Å². The first-order chi connectivity index (χ1) is 18.3. The van der Waals surface area contributed by atoms with Gasteiger partial charge in [0.05, 0.1) is 26.1 Å². The van der Waals surface area contributed by atoms with Gasteiger partial charge in [0.1, 0.15) is 11.5 Å². The Morgan fingerprint density at radius 3 is 1.84 bits per heavy atom. The number of allylic oxidation sites excluding steroid dienone is 1. The van der Waals surface area contributed by atoms with Crippen molar-refractivity contribution in [2.24, 2.45) is 23.7 Å². The molecule has 0 aromatic heterocycles. The number of benzene rings is 2. The van der Waals surface area contributed by atoms with E-state index in [2.05, 4.69) is 6.08 Å². The number of ether oxygens (including phenoxy) is 3. The number of hydrogen-bond donors (Lipinski definition) is 1. The maximum Gasteiger partial charge on any atom is 0.214 e. The van der Waals surface area contributed by atoms with Gasteiger partial charge in [0.15, 0.2) is 0 Å². The van der Waals surface area contributed by atoms with Crippen LogP contribution in [0.1, 0.15) is 37.3 Å². The molecular weight excluding hydrogens is 502 g/mol. The number of rotatable bonds is 14. The lowest BCUT2D eigenvalue weighted by Gasteiger charge is -2.44. The fourth-order valence-corrected chi connectivity index (χ4v) is 7.41. The SMILES string of the molecule is COc1ccc(CN(Cc2ccc(OC)cc2)S(=O)(=O)C[C@@H](C)[C@H]2C=C([C@H](OC)[C@@H]3CC[C@H]3CO)C2)cc1.